The second-order valence-electron chi connectivity index (χ2n) is 6.41. The fourth-order valence-electron chi connectivity index (χ4n) is 1.81. The SMILES string of the molecule is CC(C)(C)NCc1cccc(Br)c1OCOCC1CC1. The maximum absolute atomic E-state index is 5.80. The van der Waals surface area contributed by atoms with Crippen molar-refractivity contribution in [2.24, 2.45) is 5.92 Å². The summed E-state index contributed by atoms with van der Waals surface area (Å²) in [6.07, 6.45) is 2.60. The normalized spacial score (nSPS) is 15.4. The van der Waals surface area contributed by atoms with Gasteiger partial charge in [-0.25, -0.2) is 0 Å². The van der Waals surface area contributed by atoms with Gasteiger partial charge in [0.2, 0.25) is 0 Å². The topological polar surface area (TPSA) is 30.5 Å². The summed E-state index contributed by atoms with van der Waals surface area (Å²) in [6, 6.07) is 6.11. The van der Waals surface area contributed by atoms with Crippen molar-refractivity contribution in [1.29, 1.82) is 0 Å². The van der Waals surface area contributed by atoms with Crippen LogP contribution in [-0.2, 0) is 11.3 Å². The molecule has 1 aromatic rings. The average molecular weight is 342 g/mol. The Morgan fingerprint density at radius 1 is 1.30 bits per heavy atom. The van der Waals surface area contributed by atoms with Crippen LogP contribution in [0.2, 0.25) is 0 Å². The molecule has 1 aliphatic rings. The van der Waals surface area contributed by atoms with Gasteiger partial charge in [0.05, 0.1) is 11.1 Å². The molecule has 0 atom stereocenters. The Bertz CT molecular complexity index is 439. The van der Waals surface area contributed by atoms with Crippen LogP contribution < -0.4 is 10.1 Å². The Kier molecular flexibility index (Phi) is 5.47. The highest BCUT2D eigenvalue weighted by atomic mass is 79.9. The molecule has 1 aromatic carbocycles. The molecule has 4 heteroatoms. The first-order valence-corrected chi connectivity index (χ1v) is 7.98. The third-order valence-electron chi connectivity index (χ3n) is 3.19. The van der Waals surface area contributed by atoms with Gasteiger partial charge in [-0.15, -0.1) is 0 Å². The summed E-state index contributed by atoms with van der Waals surface area (Å²) in [5.74, 6) is 1.64. The Morgan fingerprint density at radius 2 is 2.05 bits per heavy atom. The molecule has 1 aliphatic carbocycles. The molecule has 0 bridgehead atoms. The van der Waals surface area contributed by atoms with Gasteiger partial charge in [-0.2, -0.15) is 0 Å². The van der Waals surface area contributed by atoms with Crippen molar-refractivity contribution in [1.82, 2.24) is 5.32 Å². The molecular weight excluding hydrogens is 318 g/mol. The van der Waals surface area contributed by atoms with Crippen LogP contribution in [0.3, 0.4) is 0 Å². The van der Waals surface area contributed by atoms with E-state index in [2.05, 4.69) is 48.1 Å². The van der Waals surface area contributed by atoms with Crippen molar-refractivity contribution in [3.63, 3.8) is 0 Å². The van der Waals surface area contributed by atoms with Crippen LogP contribution >= 0.6 is 15.9 Å². The van der Waals surface area contributed by atoms with Gasteiger partial charge < -0.3 is 14.8 Å². The van der Waals surface area contributed by atoms with Gasteiger partial charge in [0.1, 0.15) is 5.75 Å². The Labute approximate surface area is 130 Å². The standard InChI is InChI=1S/C16H24BrNO2/c1-16(2,3)18-9-13-5-4-6-14(17)15(13)20-11-19-10-12-7-8-12/h4-6,12,18H,7-11H2,1-3H3. The molecule has 0 aromatic heterocycles. The largest absolute Gasteiger partial charge is 0.466 e. The molecule has 0 unspecified atom stereocenters. The number of halogens is 1. The van der Waals surface area contributed by atoms with Crippen molar-refractivity contribution in [3.8, 4) is 5.75 Å². The van der Waals surface area contributed by atoms with Crippen LogP contribution in [0, 0.1) is 5.92 Å². The summed E-state index contributed by atoms with van der Waals surface area (Å²) in [5.41, 5.74) is 1.23. The number of para-hydroxylation sites is 1. The molecule has 112 valence electrons. The molecule has 0 saturated heterocycles. The molecule has 0 aliphatic heterocycles. The van der Waals surface area contributed by atoms with Gasteiger partial charge in [-0.3, -0.25) is 0 Å². The maximum Gasteiger partial charge on any atom is 0.189 e. The maximum atomic E-state index is 5.80. The molecule has 3 nitrogen and oxygen atoms in total. The first-order valence-electron chi connectivity index (χ1n) is 7.19. The number of benzene rings is 1. The first kappa shape index (κ1) is 15.8. The molecule has 20 heavy (non-hydrogen) atoms. The molecule has 0 radical (unpaired) electrons. The van der Waals surface area contributed by atoms with E-state index in [1.165, 1.54) is 12.8 Å². The average Bonchev–Trinajstić information content (AvgIpc) is 3.17. The van der Waals surface area contributed by atoms with E-state index in [1.807, 2.05) is 12.1 Å². The lowest BCUT2D eigenvalue weighted by Crippen LogP contribution is -2.35. The first-order chi connectivity index (χ1) is 9.46. The van der Waals surface area contributed by atoms with Gasteiger partial charge >= 0.3 is 0 Å². The second kappa shape index (κ2) is 6.92. The van der Waals surface area contributed by atoms with Crippen molar-refractivity contribution in [3.05, 3.63) is 28.2 Å². The number of ether oxygens (including phenoxy) is 2. The highest BCUT2D eigenvalue weighted by Gasteiger charge is 2.21. The van der Waals surface area contributed by atoms with E-state index in [4.69, 9.17) is 9.47 Å². The van der Waals surface area contributed by atoms with E-state index in [9.17, 15) is 0 Å². The van der Waals surface area contributed by atoms with Crippen LogP contribution in [0.1, 0.15) is 39.2 Å². The van der Waals surface area contributed by atoms with Crippen LogP contribution in [0.15, 0.2) is 22.7 Å². The zero-order valence-corrected chi connectivity index (χ0v) is 14.1. The predicted molar refractivity (Wildman–Crippen MR) is 84.9 cm³/mol. The molecule has 0 heterocycles. The van der Waals surface area contributed by atoms with Crippen molar-refractivity contribution >= 4 is 15.9 Å². The van der Waals surface area contributed by atoms with Crippen LogP contribution in [-0.4, -0.2) is 18.9 Å². The lowest BCUT2D eigenvalue weighted by Gasteiger charge is -2.22. The van der Waals surface area contributed by atoms with Crippen LogP contribution in [0.5, 0.6) is 5.75 Å². The van der Waals surface area contributed by atoms with Crippen LogP contribution in [0.25, 0.3) is 0 Å². The molecule has 1 saturated carbocycles. The second-order valence-corrected chi connectivity index (χ2v) is 7.26. The highest BCUT2D eigenvalue weighted by Crippen LogP contribution is 2.31. The number of hydrogen-bond acceptors (Lipinski definition) is 3. The Balaban J connectivity index is 1.90. The molecule has 1 N–H and O–H groups in total. The quantitative estimate of drug-likeness (QED) is 0.598. The minimum absolute atomic E-state index is 0.0854. The van der Waals surface area contributed by atoms with E-state index in [0.717, 1.165) is 34.9 Å². The predicted octanol–water partition coefficient (Wildman–Crippen LogP) is 4.10. The Morgan fingerprint density at radius 3 is 2.70 bits per heavy atom. The zero-order chi connectivity index (χ0) is 14.6. The van der Waals surface area contributed by atoms with E-state index in [0.29, 0.717) is 6.79 Å². The summed E-state index contributed by atoms with van der Waals surface area (Å²) in [4.78, 5) is 0. The van der Waals surface area contributed by atoms with Gasteiger partial charge in [-0.1, -0.05) is 12.1 Å². The van der Waals surface area contributed by atoms with Crippen molar-refractivity contribution < 1.29 is 9.47 Å². The summed E-state index contributed by atoms with van der Waals surface area (Å²) in [6.45, 7) is 8.39. The molecule has 2 rings (SSSR count). The van der Waals surface area contributed by atoms with Crippen LogP contribution in [0.4, 0.5) is 0 Å². The minimum Gasteiger partial charge on any atom is -0.466 e. The molecule has 0 amide bonds. The van der Waals surface area contributed by atoms with Crippen molar-refractivity contribution in [2.75, 3.05) is 13.4 Å². The summed E-state index contributed by atoms with van der Waals surface area (Å²) >= 11 is 3.55. The number of nitrogens with one attached hydrogen (secondary N) is 1. The number of hydrogen-bond donors (Lipinski definition) is 1. The molecule has 0 spiro atoms. The van der Waals surface area contributed by atoms with Crippen molar-refractivity contribution in [2.45, 2.75) is 45.7 Å². The highest BCUT2D eigenvalue weighted by molar-refractivity contribution is 9.10. The fourth-order valence-corrected chi connectivity index (χ4v) is 2.34. The van der Waals surface area contributed by atoms with E-state index in [-0.39, 0.29) is 5.54 Å². The smallest absolute Gasteiger partial charge is 0.189 e. The third-order valence-corrected chi connectivity index (χ3v) is 3.82. The van der Waals surface area contributed by atoms with E-state index in [1.54, 1.807) is 0 Å². The summed E-state index contributed by atoms with van der Waals surface area (Å²) < 4.78 is 12.3. The fraction of sp³-hybridized carbons (Fsp3) is 0.625. The summed E-state index contributed by atoms with van der Waals surface area (Å²) in [5, 5.41) is 3.48. The van der Waals surface area contributed by atoms with Gasteiger partial charge in [0.25, 0.3) is 0 Å². The van der Waals surface area contributed by atoms with Gasteiger partial charge in [0.15, 0.2) is 6.79 Å². The monoisotopic (exact) mass is 341 g/mol. The third kappa shape index (κ3) is 5.43. The lowest BCUT2D eigenvalue weighted by atomic mass is 10.1. The summed E-state index contributed by atoms with van der Waals surface area (Å²) in [7, 11) is 0. The Hall–Kier alpha value is -0.580. The zero-order valence-electron chi connectivity index (χ0n) is 12.5. The van der Waals surface area contributed by atoms with E-state index >= 15 is 0 Å². The van der Waals surface area contributed by atoms with Gasteiger partial charge in [-0.05, 0) is 61.5 Å². The molecular formula is C16H24BrNO2. The minimum atomic E-state index is 0.0854. The lowest BCUT2D eigenvalue weighted by molar-refractivity contribution is 0.00896. The molecule has 1 fully saturated rings. The number of rotatable bonds is 7. The van der Waals surface area contributed by atoms with Gasteiger partial charge in [0, 0.05) is 17.6 Å². The van der Waals surface area contributed by atoms with E-state index < -0.39 is 0 Å².